The molecule has 0 heterocycles. The van der Waals surface area contributed by atoms with E-state index < -0.39 is 17.6 Å². The molecule has 0 aliphatic heterocycles. The summed E-state index contributed by atoms with van der Waals surface area (Å²) >= 11 is 3.33. The Morgan fingerprint density at radius 1 is 1.26 bits per heavy atom. The minimum atomic E-state index is -4.81. The zero-order chi connectivity index (χ0) is 15.0. The molecule has 0 spiro atoms. The van der Waals surface area contributed by atoms with Crippen LogP contribution in [0.5, 0.6) is 0 Å². The first-order chi connectivity index (χ1) is 8.46. The predicted molar refractivity (Wildman–Crippen MR) is 70.9 cm³/mol. The molecule has 0 fully saturated rings. The van der Waals surface area contributed by atoms with Crippen LogP contribution in [0.4, 0.5) is 18.9 Å². The number of nitrogens with one attached hydrogen (secondary N) is 1. The highest BCUT2D eigenvalue weighted by atomic mass is 79.9. The number of benzene rings is 1. The van der Waals surface area contributed by atoms with Gasteiger partial charge >= 0.3 is 6.18 Å². The summed E-state index contributed by atoms with van der Waals surface area (Å²) < 4.78 is 38.7. The molecule has 0 aliphatic carbocycles. The van der Waals surface area contributed by atoms with Crippen LogP contribution in [0.15, 0.2) is 16.6 Å². The first kappa shape index (κ1) is 16.0. The van der Waals surface area contributed by atoms with Crippen molar-refractivity contribution in [3.63, 3.8) is 0 Å². The third-order valence-corrected chi connectivity index (χ3v) is 4.01. The van der Waals surface area contributed by atoms with E-state index in [1.807, 2.05) is 0 Å². The van der Waals surface area contributed by atoms with E-state index in [-0.39, 0.29) is 5.69 Å². The van der Waals surface area contributed by atoms with Gasteiger partial charge in [0.05, 0.1) is 0 Å². The zero-order valence-corrected chi connectivity index (χ0v) is 12.2. The molecular weight excluding hydrogens is 325 g/mol. The second kappa shape index (κ2) is 5.13. The maximum atomic E-state index is 12.6. The molecule has 106 valence electrons. The average molecular weight is 339 g/mol. The van der Waals surface area contributed by atoms with Gasteiger partial charge in [-0.2, -0.15) is 13.2 Å². The van der Waals surface area contributed by atoms with E-state index in [1.165, 1.54) is 0 Å². The lowest BCUT2D eigenvalue weighted by molar-refractivity contribution is -0.184. The van der Waals surface area contributed by atoms with Gasteiger partial charge in [-0.05, 0) is 44.0 Å². The van der Waals surface area contributed by atoms with E-state index in [9.17, 15) is 18.0 Å². The summed E-state index contributed by atoms with van der Waals surface area (Å²) in [6, 6.07) is 3.14. The largest absolute Gasteiger partial charge is 0.415 e. The van der Waals surface area contributed by atoms with Crippen LogP contribution in [0.3, 0.4) is 0 Å². The minimum Gasteiger partial charge on any atom is -0.324 e. The van der Waals surface area contributed by atoms with E-state index in [0.29, 0.717) is 6.92 Å². The summed E-state index contributed by atoms with van der Waals surface area (Å²) in [4.78, 5) is 11.6. The molecule has 0 saturated heterocycles. The van der Waals surface area contributed by atoms with Gasteiger partial charge in [0.1, 0.15) is 0 Å². The second-order valence-corrected chi connectivity index (χ2v) is 5.37. The van der Waals surface area contributed by atoms with E-state index in [2.05, 4.69) is 21.2 Å². The van der Waals surface area contributed by atoms with Gasteiger partial charge in [-0.15, -0.1) is 0 Å². The van der Waals surface area contributed by atoms with Gasteiger partial charge in [-0.25, -0.2) is 0 Å². The molecule has 0 saturated carbocycles. The van der Waals surface area contributed by atoms with Crippen LogP contribution in [-0.4, -0.2) is 17.6 Å². The van der Waals surface area contributed by atoms with Crippen molar-refractivity contribution in [3.8, 4) is 0 Å². The summed E-state index contributed by atoms with van der Waals surface area (Å²) in [7, 11) is 0. The summed E-state index contributed by atoms with van der Waals surface area (Å²) in [6.07, 6.45) is -4.81. The fraction of sp³-hybridized carbons (Fsp3) is 0.417. The number of anilines is 1. The molecule has 0 aromatic heterocycles. The van der Waals surface area contributed by atoms with Gasteiger partial charge in [-0.3, -0.25) is 4.79 Å². The van der Waals surface area contributed by atoms with E-state index in [1.54, 1.807) is 26.0 Å². The highest BCUT2D eigenvalue weighted by Crippen LogP contribution is 2.30. The van der Waals surface area contributed by atoms with Crippen molar-refractivity contribution in [1.82, 2.24) is 0 Å². The molecule has 0 radical (unpaired) electrons. The highest BCUT2D eigenvalue weighted by Gasteiger charge is 2.53. The summed E-state index contributed by atoms with van der Waals surface area (Å²) in [6.45, 7) is 4.19. The van der Waals surface area contributed by atoms with E-state index in [4.69, 9.17) is 5.73 Å². The van der Waals surface area contributed by atoms with Gasteiger partial charge in [-0.1, -0.05) is 15.9 Å². The number of nitrogens with two attached hydrogens (primary N) is 1. The summed E-state index contributed by atoms with van der Waals surface area (Å²) in [5, 5.41) is 2.19. The number of amides is 1. The molecule has 3 nitrogen and oxygen atoms in total. The first-order valence-corrected chi connectivity index (χ1v) is 6.20. The van der Waals surface area contributed by atoms with Gasteiger partial charge in [0.2, 0.25) is 0 Å². The van der Waals surface area contributed by atoms with Crippen molar-refractivity contribution in [3.05, 3.63) is 27.7 Å². The Balaban J connectivity index is 3.02. The van der Waals surface area contributed by atoms with Crippen molar-refractivity contribution in [2.75, 3.05) is 5.32 Å². The molecule has 0 aliphatic rings. The predicted octanol–water partition coefficient (Wildman–Crippen LogP) is 3.28. The van der Waals surface area contributed by atoms with Crippen LogP contribution >= 0.6 is 15.9 Å². The van der Waals surface area contributed by atoms with Crippen molar-refractivity contribution in [1.29, 1.82) is 0 Å². The number of carbonyl (C=O) groups is 1. The van der Waals surface area contributed by atoms with Gasteiger partial charge in [0.15, 0.2) is 5.54 Å². The quantitative estimate of drug-likeness (QED) is 0.869. The Kier molecular flexibility index (Phi) is 4.31. The van der Waals surface area contributed by atoms with Crippen molar-refractivity contribution < 1.29 is 18.0 Å². The van der Waals surface area contributed by atoms with Gasteiger partial charge in [0.25, 0.3) is 5.91 Å². The second-order valence-electron chi connectivity index (χ2n) is 4.58. The number of rotatable bonds is 2. The maximum absolute atomic E-state index is 12.6. The van der Waals surface area contributed by atoms with Crippen LogP contribution in [0.1, 0.15) is 18.1 Å². The van der Waals surface area contributed by atoms with Crippen LogP contribution in [0.2, 0.25) is 0 Å². The molecule has 1 aromatic rings. The van der Waals surface area contributed by atoms with E-state index in [0.717, 1.165) is 15.6 Å². The Morgan fingerprint density at radius 2 is 1.68 bits per heavy atom. The number of alkyl halides is 3. The Labute approximate surface area is 117 Å². The first-order valence-electron chi connectivity index (χ1n) is 5.40. The van der Waals surface area contributed by atoms with Crippen molar-refractivity contribution in [2.45, 2.75) is 32.5 Å². The topological polar surface area (TPSA) is 55.1 Å². The molecule has 0 bridgehead atoms. The normalized spacial score (nSPS) is 14.9. The molecule has 1 aromatic carbocycles. The SMILES string of the molecule is Cc1cc(NC(=O)C(C)(N)C(F)(F)F)cc(C)c1Br. The number of halogens is 4. The average Bonchev–Trinajstić information content (AvgIpc) is 2.24. The third-order valence-electron chi connectivity index (χ3n) is 2.75. The lowest BCUT2D eigenvalue weighted by Gasteiger charge is -2.26. The minimum absolute atomic E-state index is 0.282. The third kappa shape index (κ3) is 3.27. The van der Waals surface area contributed by atoms with Crippen molar-refractivity contribution >= 4 is 27.5 Å². The highest BCUT2D eigenvalue weighted by molar-refractivity contribution is 9.10. The van der Waals surface area contributed by atoms with Gasteiger partial charge < -0.3 is 11.1 Å². The van der Waals surface area contributed by atoms with Gasteiger partial charge in [0, 0.05) is 10.2 Å². The summed E-state index contributed by atoms with van der Waals surface area (Å²) in [5.74, 6) is -1.29. The van der Waals surface area contributed by atoms with Crippen LogP contribution in [0.25, 0.3) is 0 Å². The fourth-order valence-corrected chi connectivity index (χ4v) is 1.64. The lowest BCUT2D eigenvalue weighted by Crippen LogP contribution is -2.59. The Morgan fingerprint density at radius 3 is 2.05 bits per heavy atom. The molecule has 1 amide bonds. The lowest BCUT2D eigenvalue weighted by atomic mass is 10.0. The molecule has 1 atom stereocenters. The van der Waals surface area contributed by atoms with Crippen LogP contribution in [-0.2, 0) is 4.79 Å². The Hall–Kier alpha value is -1.08. The molecule has 3 N–H and O–H groups in total. The number of carbonyl (C=O) groups excluding carboxylic acids is 1. The number of hydrogen-bond donors (Lipinski definition) is 2. The zero-order valence-electron chi connectivity index (χ0n) is 10.7. The smallest absolute Gasteiger partial charge is 0.324 e. The fourth-order valence-electron chi connectivity index (χ4n) is 1.41. The number of hydrogen-bond acceptors (Lipinski definition) is 2. The van der Waals surface area contributed by atoms with Crippen LogP contribution < -0.4 is 11.1 Å². The standard InChI is InChI=1S/C12H14BrF3N2O/c1-6-4-8(5-7(2)9(6)13)18-10(19)11(3,17)12(14,15)16/h4-5H,17H2,1-3H3,(H,18,19). The molecule has 1 rings (SSSR count). The summed E-state index contributed by atoms with van der Waals surface area (Å²) in [5.41, 5.74) is 4.01. The Bertz CT molecular complexity index is 489. The maximum Gasteiger partial charge on any atom is 0.415 e. The van der Waals surface area contributed by atoms with Crippen molar-refractivity contribution in [2.24, 2.45) is 5.73 Å². The van der Waals surface area contributed by atoms with Crippen LogP contribution in [0, 0.1) is 13.8 Å². The molecule has 1 unspecified atom stereocenters. The molecular formula is C12H14BrF3N2O. The van der Waals surface area contributed by atoms with E-state index >= 15 is 0 Å². The molecule has 19 heavy (non-hydrogen) atoms. The monoisotopic (exact) mass is 338 g/mol. The molecule has 7 heteroatoms. The number of aryl methyl sites for hydroxylation is 2.